The van der Waals surface area contributed by atoms with Crippen molar-refractivity contribution in [3.63, 3.8) is 0 Å². The second-order valence-electron chi connectivity index (χ2n) is 4.90. The fourth-order valence-electron chi connectivity index (χ4n) is 2.40. The molecular formula is C16H21N3O. The second-order valence-corrected chi connectivity index (χ2v) is 4.90. The summed E-state index contributed by atoms with van der Waals surface area (Å²) in [6.45, 7) is 5.69. The number of fused-ring (bicyclic) bond motifs is 1. The maximum atomic E-state index is 12.7. The second kappa shape index (κ2) is 6.37. The van der Waals surface area contributed by atoms with Crippen molar-refractivity contribution in [1.82, 2.24) is 9.88 Å². The number of nitrogen functional groups attached to an aromatic ring is 1. The number of hydrogen-bond donors (Lipinski definition) is 1. The molecule has 0 fully saturated rings. The monoisotopic (exact) mass is 271 g/mol. The molecule has 1 aromatic carbocycles. The van der Waals surface area contributed by atoms with E-state index in [9.17, 15) is 4.79 Å². The van der Waals surface area contributed by atoms with Gasteiger partial charge >= 0.3 is 0 Å². The average Bonchev–Trinajstić information content (AvgIpc) is 2.45. The van der Waals surface area contributed by atoms with E-state index in [1.165, 1.54) is 0 Å². The zero-order chi connectivity index (χ0) is 14.5. The van der Waals surface area contributed by atoms with Gasteiger partial charge < -0.3 is 10.6 Å². The number of anilines is 1. The first kappa shape index (κ1) is 14.3. The minimum Gasteiger partial charge on any atom is -0.384 e. The van der Waals surface area contributed by atoms with Crippen LogP contribution in [0.4, 0.5) is 5.82 Å². The highest BCUT2D eigenvalue weighted by Crippen LogP contribution is 2.21. The maximum Gasteiger partial charge on any atom is 0.254 e. The summed E-state index contributed by atoms with van der Waals surface area (Å²) in [7, 11) is 0. The van der Waals surface area contributed by atoms with Gasteiger partial charge in [-0.1, -0.05) is 32.0 Å². The third-order valence-electron chi connectivity index (χ3n) is 3.24. The third-order valence-corrected chi connectivity index (χ3v) is 3.24. The molecule has 0 saturated carbocycles. The van der Waals surface area contributed by atoms with Gasteiger partial charge in [0, 0.05) is 18.5 Å². The molecule has 0 atom stereocenters. The topological polar surface area (TPSA) is 59.2 Å². The van der Waals surface area contributed by atoms with Crippen molar-refractivity contribution in [3.05, 3.63) is 35.9 Å². The highest BCUT2D eigenvalue weighted by molar-refractivity contribution is 6.06. The van der Waals surface area contributed by atoms with Crippen molar-refractivity contribution < 1.29 is 4.79 Å². The van der Waals surface area contributed by atoms with Gasteiger partial charge in [-0.15, -0.1) is 0 Å². The van der Waals surface area contributed by atoms with E-state index in [1.54, 1.807) is 6.07 Å². The number of hydrogen-bond acceptors (Lipinski definition) is 3. The Labute approximate surface area is 119 Å². The van der Waals surface area contributed by atoms with Crippen LogP contribution in [0, 0.1) is 0 Å². The molecule has 0 bridgehead atoms. The lowest BCUT2D eigenvalue weighted by Gasteiger charge is -2.22. The predicted octanol–water partition coefficient (Wildman–Crippen LogP) is 3.08. The van der Waals surface area contributed by atoms with Crippen LogP contribution in [0.15, 0.2) is 30.3 Å². The minimum atomic E-state index is 0.0407. The van der Waals surface area contributed by atoms with Gasteiger partial charge in [-0.2, -0.15) is 0 Å². The molecule has 0 aliphatic carbocycles. The van der Waals surface area contributed by atoms with Crippen molar-refractivity contribution >= 4 is 22.6 Å². The van der Waals surface area contributed by atoms with Gasteiger partial charge in [0.05, 0.1) is 11.1 Å². The molecule has 0 spiro atoms. The normalized spacial score (nSPS) is 10.7. The SMILES string of the molecule is CCCN(CCC)C(=O)c1cc(N)nc2ccccc12. The minimum absolute atomic E-state index is 0.0407. The molecule has 0 radical (unpaired) electrons. The Hall–Kier alpha value is -2.10. The van der Waals surface area contributed by atoms with Gasteiger partial charge in [-0.3, -0.25) is 4.79 Å². The predicted molar refractivity (Wildman–Crippen MR) is 82.6 cm³/mol. The van der Waals surface area contributed by atoms with Crippen LogP contribution in [0.3, 0.4) is 0 Å². The van der Waals surface area contributed by atoms with Crippen molar-refractivity contribution in [1.29, 1.82) is 0 Å². The molecule has 106 valence electrons. The van der Waals surface area contributed by atoms with Gasteiger partial charge in [0.15, 0.2) is 0 Å². The third kappa shape index (κ3) is 2.90. The lowest BCUT2D eigenvalue weighted by molar-refractivity contribution is 0.0757. The molecule has 2 aromatic rings. The van der Waals surface area contributed by atoms with Crippen LogP contribution in [-0.4, -0.2) is 28.9 Å². The molecule has 0 aliphatic heterocycles. The van der Waals surface area contributed by atoms with Crippen molar-refractivity contribution in [2.75, 3.05) is 18.8 Å². The van der Waals surface area contributed by atoms with Crippen LogP contribution >= 0.6 is 0 Å². The summed E-state index contributed by atoms with van der Waals surface area (Å²) in [6.07, 6.45) is 1.90. The number of para-hydroxylation sites is 1. The van der Waals surface area contributed by atoms with E-state index in [0.717, 1.165) is 36.8 Å². The number of rotatable bonds is 5. The quantitative estimate of drug-likeness (QED) is 0.909. The molecule has 2 rings (SSSR count). The molecule has 0 saturated heterocycles. The molecule has 4 nitrogen and oxygen atoms in total. The Balaban J connectivity index is 2.47. The molecule has 0 aliphatic rings. The Kier molecular flexibility index (Phi) is 4.56. The Morgan fingerprint density at radius 2 is 1.85 bits per heavy atom. The molecule has 1 aromatic heterocycles. The van der Waals surface area contributed by atoms with Crippen LogP contribution in [0.25, 0.3) is 10.9 Å². The summed E-state index contributed by atoms with van der Waals surface area (Å²) in [5.41, 5.74) is 7.24. The average molecular weight is 271 g/mol. The van der Waals surface area contributed by atoms with Crippen LogP contribution in [0.2, 0.25) is 0 Å². The molecule has 1 amide bonds. The smallest absolute Gasteiger partial charge is 0.254 e. The summed E-state index contributed by atoms with van der Waals surface area (Å²) in [6, 6.07) is 9.31. The molecular weight excluding hydrogens is 250 g/mol. The number of carbonyl (C=O) groups is 1. The van der Waals surface area contributed by atoms with Gasteiger partial charge in [0.2, 0.25) is 0 Å². The number of aromatic nitrogens is 1. The van der Waals surface area contributed by atoms with Crippen LogP contribution < -0.4 is 5.73 Å². The molecule has 20 heavy (non-hydrogen) atoms. The standard InChI is InChI=1S/C16H21N3O/c1-3-9-19(10-4-2)16(20)13-11-15(17)18-14-8-6-5-7-12(13)14/h5-8,11H,3-4,9-10H2,1-2H3,(H2,17,18). The number of benzene rings is 1. The number of pyridine rings is 1. The van der Waals surface area contributed by atoms with E-state index in [2.05, 4.69) is 18.8 Å². The van der Waals surface area contributed by atoms with Crippen LogP contribution in [0.5, 0.6) is 0 Å². The zero-order valence-corrected chi connectivity index (χ0v) is 12.1. The first-order chi connectivity index (χ1) is 9.67. The Morgan fingerprint density at radius 1 is 1.20 bits per heavy atom. The first-order valence-corrected chi connectivity index (χ1v) is 7.11. The van der Waals surface area contributed by atoms with Gasteiger partial charge in [0.1, 0.15) is 5.82 Å². The molecule has 4 heteroatoms. The van der Waals surface area contributed by atoms with Gasteiger partial charge in [0.25, 0.3) is 5.91 Å². The lowest BCUT2D eigenvalue weighted by Crippen LogP contribution is -2.32. The van der Waals surface area contributed by atoms with Gasteiger partial charge in [-0.05, 0) is 25.0 Å². The molecule has 0 unspecified atom stereocenters. The molecule has 2 N–H and O–H groups in total. The van der Waals surface area contributed by atoms with E-state index in [1.807, 2.05) is 29.2 Å². The Bertz CT molecular complexity index is 604. The summed E-state index contributed by atoms with van der Waals surface area (Å²) < 4.78 is 0. The summed E-state index contributed by atoms with van der Waals surface area (Å²) >= 11 is 0. The van der Waals surface area contributed by atoms with Crippen LogP contribution in [0.1, 0.15) is 37.0 Å². The van der Waals surface area contributed by atoms with Crippen molar-refractivity contribution in [3.8, 4) is 0 Å². The maximum absolute atomic E-state index is 12.7. The highest BCUT2D eigenvalue weighted by Gasteiger charge is 2.17. The summed E-state index contributed by atoms with van der Waals surface area (Å²) in [5.74, 6) is 0.430. The lowest BCUT2D eigenvalue weighted by atomic mass is 10.1. The summed E-state index contributed by atoms with van der Waals surface area (Å²) in [5, 5.41) is 0.865. The van der Waals surface area contributed by atoms with E-state index in [0.29, 0.717) is 11.4 Å². The number of amides is 1. The van der Waals surface area contributed by atoms with Crippen LogP contribution in [-0.2, 0) is 0 Å². The van der Waals surface area contributed by atoms with Crippen molar-refractivity contribution in [2.45, 2.75) is 26.7 Å². The van der Waals surface area contributed by atoms with E-state index in [-0.39, 0.29) is 5.91 Å². The fourth-order valence-corrected chi connectivity index (χ4v) is 2.40. The van der Waals surface area contributed by atoms with E-state index < -0.39 is 0 Å². The summed E-state index contributed by atoms with van der Waals surface area (Å²) in [4.78, 5) is 18.9. The Morgan fingerprint density at radius 3 is 2.50 bits per heavy atom. The number of nitrogens with zero attached hydrogens (tertiary/aromatic N) is 2. The fraction of sp³-hybridized carbons (Fsp3) is 0.375. The number of carbonyl (C=O) groups excluding carboxylic acids is 1. The van der Waals surface area contributed by atoms with Crippen molar-refractivity contribution in [2.24, 2.45) is 0 Å². The first-order valence-electron chi connectivity index (χ1n) is 7.11. The van der Waals surface area contributed by atoms with E-state index in [4.69, 9.17) is 5.73 Å². The van der Waals surface area contributed by atoms with E-state index >= 15 is 0 Å². The number of nitrogens with two attached hydrogens (primary N) is 1. The largest absolute Gasteiger partial charge is 0.384 e. The zero-order valence-electron chi connectivity index (χ0n) is 12.1. The molecule has 1 heterocycles. The van der Waals surface area contributed by atoms with Gasteiger partial charge in [-0.25, -0.2) is 4.98 Å². The highest BCUT2D eigenvalue weighted by atomic mass is 16.2.